The molecule has 1 heterocycles. The van der Waals surface area contributed by atoms with Crippen molar-refractivity contribution in [1.82, 2.24) is 9.71 Å². The normalized spacial score (nSPS) is 11.4. The molecular formula is C14H16N2O4S. The molecule has 3 N–H and O–H groups in total. The molecule has 21 heavy (non-hydrogen) atoms. The summed E-state index contributed by atoms with van der Waals surface area (Å²) in [6.07, 6.45) is 2.61. The number of aromatic amines is 1. The number of carbonyl (C=O) groups is 1. The standard InChI is InChI=1S/C14H16N2O4S/c17-14(18)13-9-12(10-15-13)21(19,20)16-8-4-7-11-5-2-1-3-6-11/h1-3,5-6,9-10,15-16H,4,7-8H2,(H,17,18). The predicted octanol–water partition coefficient (Wildman–Crippen LogP) is 1.62. The second-order valence-corrected chi connectivity index (χ2v) is 6.31. The Morgan fingerprint density at radius 1 is 1.24 bits per heavy atom. The van der Waals surface area contributed by atoms with E-state index < -0.39 is 16.0 Å². The SMILES string of the molecule is O=C(O)c1cc(S(=O)(=O)NCCCc2ccccc2)c[nH]1. The van der Waals surface area contributed by atoms with Crippen molar-refractivity contribution in [3.63, 3.8) is 0 Å². The van der Waals surface area contributed by atoms with E-state index in [1.807, 2.05) is 30.3 Å². The number of carboxylic acid groups (broad SMARTS) is 1. The van der Waals surface area contributed by atoms with Crippen molar-refractivity contribution >= 4 is 16.0 Å². The number of nitrogens with one attached hydrogen (secondary N) is 2. The van der Waals surface area contributed by atoms with Crippen LogP contribution in [-0.2, 0) is 16.4 Å². The predicted molar refractivity (Wildman–Crippen MR) is 77.7 cm³/mol. The summed E-state index contributed by atoms with van der Waals surface area (Å²) in [5.41, 5.74) is 0.992. The molecule has 112 valence electrons. The van der Waals surface area contributed by atoms with Gasteiger partial charge in [0.1, 0.15) is 10.6 Å². The summed E-state index contributed by atoms with van der Waals surface area (Å²) in [6.45, 7) is 0.296. The van der Waals surface area contributed by atoms with Gasteiger partial charge in [0.2, 0.25) is 10.0 Å². The van der Waals surface area contributed by atoms with Crippen LogP contribution in [-0.4, -0.2) is 31.0 Å². The van der Waals surface area contributed by atoms with E-state index >= 15 is 0 Å². The molecule has 0 atom stereocenters. The van der Waals surface area contributed by atoms with Crippen LogP contribution in [0, 0.1) is 0 Å². The van der Waals surface area contributed by atoms with Gasteiger partial charge in [-0.2, -0.15) is 0 Å². The highest BCUT2D eigenvalue weighted by atomic mass is 32.2. The third kappa shape index (κ3) is 4.17. The zero-order valence-electron chi connectivity index (χ0n) is 11.2. The van der Waals surface area contributed by atoms with E-state index in [0.29, 0.717) is 13.0 Å². The van der Waals surface area contributed by atoms with Crippen LogP contribution in [0.3, 0.4) is 0 Å². The Hall–Kier alpha value is -2.12. The third-order valence-corrected chi connectivity index (χ3v) is 4.41. The lowest BCUT2D eigenvalue weighted by Crippen LogP contribution is -2.24. The number of aryl methyl sites for hydroxylation is 1. The van der Waals surface area contributed by atoms with Crippen LogP contribution >= 0.6 is 0 Å². The average molecular weight is 308 g/mol. The molecule has 0 aliphatic heterocycles. The topological polar surface area (TPSA) is 99.3 Å². The van der Waals surface area contributed by atoms with Crippen molar-refractivity contribution in [2.24, 2.45) is 0 Å². The summed E-state index contributed by atoms with van der Waals surface area (Å²) in [7, 11) is -3.67. The van der Waals surface area contributed by atoms with Gasteiger partial charge in [0.15, 0.2) is 0 Å². The summed E-state index contributed by atoms with van der Waals surface area (Å²) >= 11 is 0. The van der Waals surface area contributed by atoms with E-state index in [4.69, 9.17) is 5.11 Å². The van der Waals surface area contributed by atoms with Gasteiger partial charge in [0.05, 0.1) is 0 Å². The number of hydrogen-bond acceptors (Lipinski definition) is 3. The van der Waals surface area contributed by atoms with Crippen LogP contribution in [0.4, 0.5) is 0 Å². The first-order chi connectivity index (χ1) is 9.99. The zero-order valence-corrected chi connectivity index (χ0v) is 12.1. The number of aromatic nitrogens is 1. The Bertz CT molecular complexity index is 708. The summed E-state index contributed by atoms with van der Waals surface area (Å²) in [4.78, 5) is 13.1. The quantitative estimate of drug-likeness (QED) is 0.677. The molecule has 0 aliphatic rings. The van der Waals surface area contributed by atoms with Gasteiger partial charge in [-0.25, -0.2) is 17.9 Å². The van der Waals surface area contributed by atoms with Gasteiger partial charge in [-0.05, 0) is 24.5 Å². The molecule has 0 aliphatic carbocycles. The third-order valence-electron chi connectivity index (χ3n) is 2.97. The Kier molecular flexibility index (Phi) is 4.77. The minimum atomic E-state index is -3.67. The van der Waals surface area contributed by atoms with Crippen LogP contribution in [0.2, 0.25) is 0 Å². The molecule has 0 unspecified atom stereocenters. The van der Waals surface area contributed by atoms with E-state index in [0.717, 1.165) is 18.1 Å². The molecule has 0 radical (unpaired) electrons. The number of H-pyrrole nitrogens is 1. The fourth-order valence-electron chi connectivity index (χ4n) is 1.88. The summed E-state index contributed by atoms with van der Waals surface area (Å²) in [5.74, 6) is -1.19. The number of rotatable bonds is 7. The largest absolute Gasteiger partial charge is 0.477 e. The Morgan fingerprint density at radius 2 is 1.95 bits per heavy atom. The summed E-state index contributed by atoms with van der Waals surface area (Å²) in [6, 6.07) is 10.9. The summed E-state index contributed by atoms with van der Waals surface area (Å²) < 4.78 is 26.4. The highest BCUT2D eigenvalue weighted by Crippen LogP contribution is 2.10. The number of aromatic carboxylic acids is 1. The first kappa shape index (κ1) is 15.3. The molecule has 1 aromatic carbocycles. The van der Waals surface area contributed by atoms with Gasteiger partial charge in [-0.3, -0.25) is 0 Å². The highest BCUT2D eigenvalue weighted by Gasteiger charge is 2.17. The Balaban J connectivity index is 1.88. The van der Waals surface area contributed by atoms with Gasteiger partial charge in [-0.15, -0.1) is 0 Å². The molecule has 2 rings (SSSR count). The van der Waals surface area contributed by atoms with E-state index in [1.54, 1.807) is 0 Å². The fraction of sp³-hybridized carbons (Fsp3) is 0.214. The average Bonchev–Trinajstić information content (AvgIpc) is 2.96. The van der Waals surface area contributed by atoms with Crippen molar-refractivity contribution in [2.45, 2.75) is 17.7 Å². The Morgan fingerprint density at radius 3 is 2.57 bits per heavy atom. The minimum absolute atomic E-state index is 0.0698. The van der Waals surface area contributed by atoms with Crippen molar-refractivity contribution in [3.8, 4) is 0 Å². The van der Waals surface area contributed by atoms with Crippen LogP contribution in [0.5, 0.6) is 0 Å². The van der Waals surface area contributed by atoms with Crippen molar-refractivity contribution < 1.29 is 18.3 Å². The maximum absolute atomic E-state index is 12.0. The molecule has 0 saturated carbocycles. The van der Waals surface area contributed by atoms with E-state index in [2.05, 4.69) is 9.71 Å². The lowest BCUT2D eigenvalue weighted by Gasteiger charge is -2.05. The van der Waals surface area contributed by atoms with Gasteiger partial charge in [0, 0.05) is 12.7 Å². The molecular weight excluding hydrogens is 292 g/mol. The summed E-state index contributed by atoms with van der Waals surface area (Å²) in [5, 5.41) is 8.76. The van der Waals surface area contributed by atoms with Crippen LogP contribution in [0.1, 0.15) is 22.5 Å². The first-order valence-electron chi connectivity index (χ1n) is 6.44. The second kappa shape index (κ2) is 6.55. The molecule has 7 heteroatoms. The van der Waals surface area contributed by atoms with Crippen molar-refractivity contribution in [1.29, 1.82) is 0 Å². The van der Waals surface area contributed by atoms with E-state index in [1.165, 1.54) is 6.20 Å². The highest BCUT2D eigenvalue weighted by molar-refractivity contribution is 7.89. The molecule has 6 nitrogen and oxygen atoms in total. The molecule has 0 saturated heterocycles. The Labute approximate surface area is 122 Å². The molecule has 2 aromatic rings. The minimum Gasteiger partial charge on any atom is -0.477 e. The molecule has 0 amide bonds. The maximum atomic E-state index is 12.0. The van der Waals surface area contributed by atoms with Gasteiger partial charge in [0.25, 0.3) is 0 Å². The molecule has 1 aromatic heterocycles. The van der Waals surface area contributed by atoms with Gasteiger partial charge in [-0.1, -0.05) is 30.3 Å². The number of hydrogen-bond donors (Lipinski definition) is 3. The van der Waals surface area contributed by atoms with Crippen molar-refractivity contribution in [2.75, 3.05) is 6.54 Å². The van der Waals surface area contributed by atoms with Crippen LogP contribution < -0.4 is 4.72 Å². The lowest BCUT2D eigenvalue weighted by atomic mass is 10.1. The monoisotopic (exact) mass is 308 g/mol. The maximum Gasteiger partial charge on any atom is 0.352 e. The second-order valence-electron chi connectivity index (χ2n) is 4.54. The number of sulfonamides is 1. The smallest absolute Gasteiger partial charge is 0.352 e. The molecule has 0 spiro atoms. The van der Waals surface area contributed by atoms with E-state index in [9.17, 15) is 13.2 Å². The molecule has 0 fully saturated rings. The molecule has 0 bridgehead atoms. The zero-order chi connectivity index (χ0) is 15.3. The number of benzene rings is 1. The first-order valence-corrected chi connectivity index (χ1v) is 7.92. The van der Waals surface area contributed by atoms with Gasteiger partial charge >= 0.3 is 5.97 Å². The van der Waals surface area contributed by atoms with Crippen LogP contribution in [0.15, 0.2) is 47.5 Å². The van der Waals surface area contributed by atoms with E-state index in [-0.39, 0.29) is 10.6 Å². The van der Waals surface area contributed by atoms with Crippen molar-refractivity contribution in [3.05, 3.63) is 53.9 Å². The number of carboxylic acids is 1. The van der Waals surface area contributed by atoms with Gasteiger partial charge < -0.3 is 10.1 Å². The fourth-order valence-corrected chi connectivity index (χ4v) is 2.95. The lowest BCUT2D eigenvalue weighted by molar-refractivity contribution is 0.0691. The van der Waals surface area contributed by atoms with Crippen LogP contribution in [0.25, 0.3) is 0 Å².